The van der Waals surface area contributed by atoms with Crippen LogP contribution < -0.4 is 0 Å². The number of carboxylic acid groups (broad SMARTS) is 1. The molecule has 1 aliphatic carbocycles. The Morgan fingerprint density at radius 2 is 1.56 bits per heavy atom. The van der Waals surface area contributed by atoms with Crippen molar-refractivity contribution in [1.29, 1.82) is 0 Å². The molecule has 4 rings (SSSR count). The van der Waals surface area contributed by atoms with Gasteiger partial charge < -0.3 is 19.8 Å². The first-order valence-electron chi connectivity index (χ1n) is 11.2. The summed E-state index contributed by atoms with van der Waals surface area (Å²) < 4.78 is 26.4. The molecular weight excluding hydrogens is 420 g/mol. The highest BCUT2D eigenvalue weighted by Crippen LogP contribution is 2.35. The predicted molar refractivity (Wildman–Crippen MR) is 112 cm³/mol. The molecule has 2 heterocycles. The topological polar surface area (TPSA) is 81.2 Å². The quantitative estimate of drug-likeness (QED) is 0.767. The molecule has 0 bridgehead atoms. The lowest BCUT2D eigenvalue weighted by Crippen LogP contribution is -2.48. The number of carbonyl (C=O) groups is 3. The molecule has 32 heavy (non-hydrogen) atoms. The predicted octanol–water partition coefficient (Wildman–Crippen LogP) is 2.72. The average Bonchev–Trinajstić information content (AvgIpc) is 3.21. The Bertz CT molecular complexity index is 866. The number of hydrogen-bond donors (Lipinski definition) is 1. The molecule has 9 heteroatoms. The SMILES string of the molecule is CN(C(=O)O)[C@@H]1CN(C(=O)C2CCN(C(=O)C3CC(F)C3)CC2)C[C@H]1c1ccc(F)cc1. The highest BCUT2D eigenvalue weighted by atomic mass is 19.1. The van der Waals surface area contributed by atoms with Crippen molar-refractivity contribution < 1.29 is 28.3 Å². The molecule has 1 aromatic carbocycles. The standard InChI is InChI=1S/C23H29F2N3O4/c1-26(23(31)32)20-13-28(12-19(20)14-2-4-17(24)5-3-14)21(29)15-6-8-27(9-7-15)22(30)16-10-18(25)11-16/h2-5,15-16,18-20H,6-13H2,1H3,(H,31,32)/t16?,18?,19-,20+/m0/s1. The summed E-state index contributed by atoms with van der Waals surface area (Å²) >= 11 is 0. The molecule has 174 valence electrons. The van der Waals surface area contributed by atoms with E-state index in [9.17, 15) is 28.3 Å². The van der Waals surface area contributed by atoms with Crippen molar-refractivity contribution in [3.8, 4) is 0 Å². The maximum Gasteiger partial charge on any atom is 0.407 e. The second-order valence-corrected chi connectivity index (χ2v) is 9.23. The molecule has 7 nitrogen and oxygen atoms in total. The second-order valence-electron chi connectivity index (χ2n) is 9.23. The van der Waals surface area contributed by atoms with Gasteiger partial charge in [-0.3, -0.25) is 9.59 Å². The molecule has 3 aliphatic rings. The minimum Gasteiger partial charge on any atom is -0.465 e. The normalized spacial score (nSPS) is 28.3. The fourth-order valence-electron chi connectivity index (χ4n) is 5.15. The molecule has 3 amide bonds. The third-order valence-electron chi connectivity index (χ3n) is 7.28. The molecular formula is C23H29F2N3O4. The van der Waals surface area contributed by atoms with Crippen LogP contribution in [-0.2, 0) is 9.59 Å². The third kappa shape index (κ3) is 4.42. The summed E-state index contributed by atoms with van der Waals surface area (Å²) in [6.07, 6.45) is -0.247. The Hall–Kier alpha value is -2.71. The summed E-state index contributed by atoms with van der Waals surface area (Å²) in [6, 6.07) is 5.55. The molecule has 1 N–H and O–H groups in total. The lowest BCUT2D eigenvalue weighted by atomic mass is 9.82. The molecule has 2 saturated heterocycles. The van der Waals surface area contributed by atoms with Crippen molar-refractivity contribution in [2.45, 2.75) is 43.8 Å². The Labute approximate surface area is 186 Å². The van der Waals surface area contributed by atoms with Crippen LogP contribution in [0.25, 0.3) is 0 Å². The number of rotatable bonds is 4. The van der Waals surface area contributed by atoms with Crippen molar-refractivity contribution in [3.05, 3.63) is 35.6 Å². The van der Waals surface area contributed by atoms with E-state index in [0.717, 1.165) is 5.56 Å². The highest BCUT2D eigenvalue weighted by molar-refractivity contribution is 5.82. The van der Waals surface area contributed by atoms with Crippen LogP contribution in [-0.4, -0.2) is 83.2 Å². The van der Waals surface area contributed by atoms with Gasteiger partial charge in [-0.15, -0.1) is 0 Å². The van der Waals surface area contributed by atoms with Crippen LogP contribution in [0.2, 0.25) is 0 Å². The summed E-state index contributed by atoms with van der Waals surface area (Å²) in [6.45, 7) is 1.61. The minimum atomic E-state index is -1.07. The number of amides is 3. The first kappa shape index (κ1) is 22.5. The number of nitrogens with zero attached hydrogens (tertiary/aromatic N) is 3. The number of piperidine rings is 1. The van der Waals surface area contributed by atoms with Crippen LogP contribution in [0.4, 0.5) is 13.6 Å². The van der Waals surface area contributed by atoms with Gasteiger partial charge in [0.15, 0.2) is 0 Å². The molecule has 1 saturated carbocycles. The second kappa shape index (κ2) is 9.03. The molecule has 0 radical (unpaired) electrons. The summed E-state index contributed by atoms with van der Waals surface area (Å²) in [5.74, 6) is -1.09. The van der Waals surface area contributed by atoms with Gasteiger partial charge >= 0.3 is 6.09 Å². The van der Waals surface area contributed by atoms with Crippen molar-refractivity contribution in [3.63, 3.8) is 0 Å². The summed E-state index contributed by atoms with van der Waals surface area (Å²) in [4.78, 5) is 42.0. The van der Waals surface area contributed by atoms with Gasteiger partial charge in [0, 0.05) is 51.0 Å². The van der Waals surface area contributed by atoms with Gasteiger partial charge in [0.05, 0.1) is 6.04 Å². The van der Waals surface area contributed by atoms with E-state index in [0.29, 0.717) is 45.3 Å². The maximum atomic E-state index is 13.4. The van der Waals surface area contributed by atoms with Crippen LogP contribution in [0.3, 0.4) is 0 Å². The van der Waals surface area contributed by atoms with Gasteiger partial charge in [-0.05, 0) is 43.4 Å². The van der Waals surface area contributed by atoms with Gasteiger partial charge in [-0.1, -0.05) is 12.1 Å². The van der Waals surface area contributed by atoms with E-state index >= 15 is 0 Å². The van der Waals surface area contributed by atoms with Crippen LogP contribution in [0.15, 0.2) is 24.3 Å². The van der Waals surface area contributed by atoms with Crippen molar-refractivity contribution in [1.82, 2.24) is 14.7 Å². The van der Waals surface area contributed by atoms with E-state index in [-0.39, 0.29) is 41.9 Å². The number of carbonyl (C=O) groups excluding carboxylic acids is 2. The largest absolute Gasteiger partial charge is 0.465 e. The zero-order valence-electron chi connectivity index (χ0n) is 18.1. The van der Waals surface area contributed by atoms with Crippen LogP contribution >= 0.6 is 0 Å². The zero-order chi connectivity index (χ0) is 23.0. The first-order chi connectivity index (χ1) is 15.2. The lowest BCUT2D eigenvalue weighted by Gasteiger charge is -2.38. The molecule has 0 aromatic heterocycles. The molecule has 0 unspecified atom stereocenters. The molecule has 0 spiro atoms. The molecule has 3 fully saturated rings. The monoisotopic (exact) mass is 449 g/mol. The van der Waals surface area contributed by atoms with E-state index in [1.165, 1.54) is 24.1 Å². The number of likely N-dealkylation sites (N-methyl/N-ethyl adjacent to an activating group) is 1. The van der Waals surface area contributed by atoms with Crippen molar-refractivity contribution in [2.24, 2.45) is 11.8 Å². The van der Waals surface area contributed by atoms with Crippen LogP contribution in [0.1, 0.15) is 37.2 Å². The van der Waals surface area contributed by atoms with E-state index < -0.39 is 18.3 Å². The Morgan fingerprint density at radius 3 is 2.12 bits per heavy atom. The van der Waals surface area contributed by atoms with Gasteiger partial charge in [-0.2, -0.15) is 0 Å². The van der Waals surface area contributed by atoms with Gasteiger partial charge in [0.25, 0.3) is 0 Å². The molecule has 2 aliphatic heterocycles. The first-order valence-corrected chi connectivity index (χ1v) is 11.2. The van der Waals surface area contributed by atoms with E-state index in [2.05, 4.69) is 0 Å². The number of hydrogen-bond acceptors (Lipinski definition) is 3. The van der Waals surface area contributed by atoms with Gasteiger partial charge in [-0.25, -0.2) is 13.6 Å². The number of likely N-dealkylation sites (tertiary alicyclic amines) is 2. The average molecular weight is 449 g/mol. The lowest BCUT2D eigenvalue weighted by molar-refractivity contribution is -0.145. The summed E-state index contributed by atoms with van der Waals surface area (Å²) in [5, 5.41) is 9.49. The summed E-state index contributed by atoms with van der Waals surface area (Å²) in [5.41, 5.74) is 0.798. The fourth-order valence-corrected chi connectivity index (χ4v) is 5.15. The molecule has 1 aromatic rings. The number of benzene rings is 1. The van der Waals surface area contributed by atoms with E-state index in [1.54, 1.807) is 21.9 Å². The maximum absolute atomic E-state index is 13.4. The smallest absolute Gasteiger partial charge is 0.407 e. The van der Waals surface area contributed by atoms with Gasteiger partial charge in [0.1, 0.15) is 12.0 Å². The van der Waals surface area contributed by atoms with Crippen molar-refractivity contribution >= 4 is 17.9 Å². The zero-order valence-corrected chi connectivity index (χ0v) is 18.1. The number of halogens is 2. The third-order valence-corrected chi connectivity index (χ3v) is 7.28. The highest BCUT2D eigenvalue weighted by Gasteiger charge is 2.43. The number of alkyl halides is 1. The summed E-state index contributed by atoms with van der Waals surface area (Å²) in [7, 11) is 1.49. The van der Waals surface area contributed by atoms with E-state index in [4.69, 9.17) is 0 Å². The van der Waals surface area contributed by atoms with Crippen LogP contribution in [0, 0.1) is 17.7 Å². The molecule has 2 atom stereocenters. The minimum absolute atomic E-state index is 0.00880. The van der Waals surface area contributed by atoms with Gasteiger partial charge in [0.2, 0.25) is 11.8 Å². The van der Waals surface area contributed by atoms with E-state index in [1.807, 2.05) is 0 Å². The fraction of sp³-hybridized carbons (Fsp3) is 0.609. The Morgan fingerprint density at radius 1 is 0.969 bits per heavy atom. The van der Waals surface area contributed by atoms with Crippen LogP contribution in [0.5, 0.6) is 0 Å². The van der Waals surface area contributed by atoms with Crippen molar-refractivity contribution in [2.75, 3.05) is 33.2 Å². The Balaban J connectivity index is 1.39. The Kier molecular flexibility index (Phi) is 6.35.